The van der Waals surface area contributed by atoms with Gasteiger partial charge in [-0.3, -0.25) is 14.9 Å². The zero-order chi connectivity index (χ0) is 18.7. The number of nitrogens with one attached hydrogen (secondary N) is 2. The maximum Gasteiger partial charge on any atom is 0.271 e. The van der Waals surface area contributed by atoms with Crippen LogP contribution in [0.4, 0.5) is 11.4 Å². The van der Waals surface area contributed by atoms with E-state index in [-0.39, 0.29) is 29.5 Å². The molecule has 2 aromatic carbocycles. The number of benzene rings is 2. The topological polar surface area (TPSA) is 121 Å². The summed E-state index contributed by atoms with van der Waals surface area (Å²) < 4.78 is 0. The van der Waals surface area contributed by atoms with Crippen LogP contribution < -0.4 is 10.9 Å². The van der Waals surface area contributed by atoms with Gasteiger partial charge in [0.25, 0.3) is 11.2 Å². The molecule has 0 amide bonds. The Morgan fingerprint density at radius 2 is 2.08 bits per heavy atom. The molecule has 1 unspecified atom stereocenters. The van der Waals surface area contributed by atoms with Crippen molar-refractivity contribution in [3.05, 3.63) is 62.9 Å². The summed E-state index contributed by atoms with van der Waals surface area (Å²) >= 11 is 5.58. The number of nitro benzene ring substituents is 1. The van der Waals surface area contributed by atoms with Crippen LogP contribution in [0.5, 0.6) is 0 Å². The number of rotatable bonds is 6. The van der Waals surface area contributed by atoms with Gasteiger partial charge in [0.05, 0.1) is 33.5 Å². The van der Waals surface area contributed by atoms with Crippen molar-refractivity contribution < 1.29 is 10.0 Å². The molecule has 0 aliphatic carbocycles. The highest BCUT2D eigenvalue weighted by molar-refractivity contribution is 6.18. The zero-order valence-electron chi connectivity index (χ0n) is 13.5. The molecule has 1 aromatic heterocycles. The molecular weight excluding hydrogens is 360 g/mol. The van der Waals surface area contributed by atoms with Crippen LogP contribution in [-0.2, 0) is 0 Å². The summed E-state index contributed by atoms with van der Waals surface area (Å²) in [6.07, 6.45) is -0.826. The van der Waals surface area contributed by atoms with Gasteiger partial charge in [0.2, 0.25) is 0 Å². The summed E-state index contributed by atoms with van der Waals surface area (Å²) in [6.45, 7) is 0.0927. The lowest BCUT2D eigenvalue weighted by atomic mass is 10.1. The highest BCUT2D eigenvalue weighted by Gasteiger charge is 2.15. The molecule has 3 N–H and O–H groups in total. The summed E-state index contributed by atoms with van der Waals surface area (Å²) in [5, 5.41) is 24.1. The predicted molar refractivity (Wildman–Crippen MR) is 99.7 cm³/mol. The molecule has 8 nitrogen and oxygen atoms in total. The largest absolute Gasteiger partial charge is 0.390 e. The first kappa shape index (κ1) is 17.8. The van der Waals surface area contributed by atoms with Gasteiger partial charge in [-0.1, -0.05) is 12.1 Å². The van der Waals surface area contributed by atoms with E-state index >= 15 is 0 Å². The minimum absolute atomic E-state index is 0.0162. The molecule has 0 radical (unpaired) electrons. The van der Waals surface area contributed by atoms with Crippen molar-refractivity contribution in [1.29, 1.82) is 0 Å². The number of alkyl halides is 1. The Hall–Kier alpha value is -2.97. The maximum absolute atomic E-state index is 12.3. The van der Waals surface area contributed by atoms with Gasteiger partial charge in [0.15, 0.2) is 0 Å². The molecule has 9 heteroatoms. The van der Waals surface area contributed by atoms with Crippen LogP contribution in [0.15, 0.2) is 47.3 Å². The van der Waals surface area contributed by atoms with E-state index < -0.39 is 11.0 Å². The van der Waals surface area contributed by atoms with Crippen molar-refractivity contribution in [1.82, 2.24) is 9.97 Å². The first-order chi connectivity index (χ1) is 12.5. The summed E-state index contributed by atoms with van der Waals surface area (Å²) in [5.41, 5.74) is 0.911. The number of fused-ring (bicyclic) bond motifs is 1. The maximum atomic E-state index is 12.3. The number of aliphatic hydroxyl groups excluding tert-OH is 1. The second-order valence-corrected chi connectivity index (χ2v) is 5.92. The molecule has 3 rings (SSSR count). The Kier molecular flexibility index (Phi) is 5.15. The molecule has 0 aliphatic heterocycles. The number of nitro groups is 1. The second-order valence-electron chi connectivity index (χ2n) is 5.61. The van der Waals surface area contributed by atoms with Crippen molar-refractivity contribution in [3.8, 4) is 11.4 Å². The van der Waals surface area contributed by atoms with Crippen molar-refractivity contribution in [2.24, 2.45) is 0 Å². The third kappa shape index (κ3) is 3.66. The fraction of sp³-hybridized carbons (Fsp3) is 0.176. The normalized spacial score (nSPS) is 12.1. The Morgan fingerprint density at radius 1 is 1.31 bits per heavy atom. The van der Waals surface area contributed by atoms with E-state index in [1.54, 1.807) is 24.3 Å². The molecule has 1 atom stereocenters. The quantitative estimate of drug-likeness (QED) is 0.346. The van der Waals surface area contributed by atoms with Crippen molar-refractivity contribution in [2.45, 2.75) is 6.10 Å². The highest BCUT2D eigenvalue weighted by Crippen LogP contribution is 2.29. The number of para-hydroxylation sites is 1. The van der Waals surface area contributed by atoms with Crippen LogP contribution in [0.25, 0.3) is 22.3 Å². The summed E-state index contributed by atoms with van der Waals surface area (Å²) in [5.74, 6) is 0.286. The third-order valence-electron chi connectivity index (χ3n) is 3.79. The number of H-pyrrole nitrogens is 1. The van der Waals surface area contributed by atoms with Crippen LogP contribution in [0.3, 0.4) is 0 Å². The molecule has 0 saturated carbocycles. The van der Waals surface area contributed by atoms with Crippen LogP contribution >= 0.6 is 11.6 Å². The second kappa shape index (κ2) is 7.51. The molecule has 0 bridgehead atoms. The van der Waals surface area contributed by atoms with E-state index in [1.165, 1.54) is 18.2 Å². The lowest BCUT2D eigenvalue weighted by Gasteiger charge is -2.14. The lowest BCUT2D eigenvalue weighted by Crippen LogP contribution is -2.21. The molecule has 3 aromatic rings. The van der Waals surface area contributed by atoms with Gasteiger partial charge in [0.1, 0.15) is 5.82 Å². The zero-order valence-corrected chi connectivity index (χ0v) is 14.2. The average molecular weight is 375 g/mol. The average Bonchev–Trinajstić information content (AvgIpc) is 2.65. The van der Waals surface area contributed by atoms with E-state index in [4.69, 9.17) is 11.6 Å². The van der Waals surface area contributed by atoms with Crippen molar-refractivity contribution in [3.63, 3.8) is 0 Å². The van der Waals surface area contributed by atoms with Gasteiger partial charge in [-0.25, -0.2) is 4.98 Å². The Bertz CT molecular complexity index is 1020. The number of aromatic nitrogens is 2. The van der Waals surface area contributed by atoms with E-state index in [9.17, 15) is 20.0 Å². The number of hydrogen-bond donors (Lipinski definition) is 3. The van der Waals surface area contributed by atoms with Gasteiger partial charge >= 0.3 is 0 Å². The number of hydrogen-bond acceptors (Lipinski definition) is 6. The number of aromatic amines is 1. The minimum atomic E-state index is -0.826. The van der Waals surface area contributed by atoms with Crippen LogP contribution in [-0.4, -0.2) is 38.5 Å². The molecule has 0 spiro atoms. The third-order valence-corrected chi connectivity index (χ3v) is 4.14. The standard InChI is InChI=1S/C17H15ClN4O4/c18-8-11(23)9-19-15-7-10(22(25)26)5-6-12(15)16-20-14-4-2-1-3-13(14)17(24)21-16/h1-7,11,19,23H,8-9H2,(H,20,21,24). The SMILES string of the molecule is O=c1[nH]c(-c2ccc([N+](=O)[O-])cc2NCC(O)CCl)nc2ccccc12. The molecule has 1 heterocycles. The Balaban J connectivity index is 2.11. The fourth-order valence-electron chi connectivity index (χ4n) is 2.49. The van der Waals surface area contributed by atoms with Crippen LogP contribution in [0.1, 0.15) is 0 Å². The molecule has 0 saturated heterocycles. The van der Waals surface area contributed by atoms with Crippen molar-refractivity contribution in [2.75, 3.05) is 17.7 Å². The highest BCUT2D eigenvalue weighted by atomic mass is 35.5. The number of nitrogens with zero attached hydrogens (tertiary/aromatic N) is 2. The van der Waals surface area contributed by atoms with E-state index in [0.717, 1.165) is 0 Å². The predicted octanol–water partition coefficient (Wildman–Crippen LogP) is 2.51. The summed E-state index contributed by atoms with van der Waals surface area (Å²) in [4.78, 5) is 30.0. The fourth-order valence-corrected chi connectivity index (χ4v) is 2.60. The molecule has 26 heavy (non-hydrogen) atoms. The Labute approximate surface area is 152 Å². The van der Waals surface area contributed by atoms with Crippen LogP contribution in [0, 0.1) is 10.1 Å². The van der Waals surface area contributed by atoms with Gasteiger partial charge in [-0.15, -0.1) is 11.6 Å². The summed E-state index contributed by atoms with van der Waals surface area (Å²) in [7, 11) is 0. The number of halogens is 1. The van der Waals surface area contributed by atoms with Crippen molar-refractivity contribution >= 4 is 33.9 Å². The molecule has 0 fully saturated rings. The summed E-state index contributed by atoms with van der Waals surface area (Å²) in [6, 6.07) is 11.0. The van der Waals surface area contributed by atoms with Gasteiger partial charge in [-0.05, 0) is 18.2 Å². The smallest absolute Gasteiger partial charge is 0.271 e. The molecule has 0 aliphatic rings. The van der Waals surface area contributed by atoms with Gasteiger partial charge in [-0.2, -0.15) is 0 Å². The molecule has 134 valence electrons. The van der Waals surface area contributed by atoms with E-state index in [2.05, 4.69) is 15.3 Å². The van der Waals surface area contributed by atoms with E-state index in [1.807, 2.05) is 0 Å². The lowest BCUT2D eigenvalue weighted by molar-refractivity contribution is -0.384. The number of anilines is 1. The first-order valence-electron chi connectivity index (χ1n) is 7.75. The van der Waals surface area contributed by atoms with Gasteiger partial charge in [0, 0.05) is 24.2 Å². The van der Waals surface area contributed by atoms with Crippen LogP contribution in [0.2, 0.25) is 0 Å². The minimum Gasteiger partial charge on any atom is -0.390 e. The van der Waals surface area contributed by atoms with E-state index in [0.29, 0.717) is 22.2 Å². The monoisotopic (exact) mass is 374 g/mol. The number of non-ortho nitro benzene ring substituents is 1. The first-order valence-corrected chi connectivity index (χ1v) is 8.29. The Morgan fingerprint density at radius 3 is 2.81 bits per heavy atom. The van der Waals surface area contributed by atoms with Gasteiger partial charge < -0.3 is 15.4 Å². The molecular formula is C17H15ClN4O4. The number of aliphatic hydroxyl groups is 1.